The van der Waals surface area contributed by atoms with E-state index in [9.17, 15) is 14.9 Å². The van der Waals surface area contributed by atoms with Crippen molar-refractivity contribution in [1.82, 2.24) is 0 Å². The molecule has 130 valence electrons. The average Bonchev–Trinajstić information content (AvgIpc) is 2.59. The Morgan fingerprint density at radius 3 is 2.64 bits per heavy atom. The number of benzene rings is 2. The van der Waals surface area contributed by atoms with Crippen LogP contribution in [-0.4, -0.2) is 24.1 Å². The zero-order valence-corrected chi connectivity index (χ0v) is 14.9. The highest BCUT2D eigenvalue weighted by atomic mass is 79.9. The van der Waals surface area contributed by atoms with Crippen molar-refractivity contribution in [3.8, 4) is 11.5 Å². The zero-order chi connectivity index (χ0) is 18.0. The molecule has 0 saturated carbocycles. The first-order valence-electron chi connectivity index (χ1n) is 7.46. The van der Waals surface area contributed by atoms with E-state index in [1.807, 2.05) is 0 Å². The standard InChI is InChI=1S/C17H14BrNO6/c1-10-3-2-4-12(16(10)19(21)22)17(20)25-9-11-7-14-15(8-13(11)18)24-6-5-23-14/h2-4,7-8H,5-6,9H2,1H3. The van der Waals surface area contributed by atoms with Gasteiger partial charge in [-0.15, -0.1) is 0 Å². The Bertz CT molecular complexity index is 851. The predicted molar refractivity (Wildman–Crippen MR) is 92.1 cm³/mol. The van der Waals surface area contributed by atoms with Crippen LogP contribution in [0.25, 0.3) is 0 Å². The summed E-state index contributed by atoms with van der Waals surface area (Å²) in [6.45, 7) is 2.45. The molecule has 0 saturated heterocycles. The molecule has 0 radical (unpaired) electrons. The fourth-order valence-corrected chi connectivity index (χ4v) is 2.94. The summed E-state index contributed by atoms with van der Waals surface area (Å²) in [5, 5.41) is 11.2. The maximum absolute atomic E-state index is 12.3. The molecule has 0 unspecified atom stereocenters. The van der Waals surface area contributed by atoms with E-state index in [0.29, 0.717) is 40.3 Å². The lowest BCUT2D eigenvalue weighted by molar-refractivity contribution is -0.385. The van der Waals surface area contributed by atoms with Gasteiger partial charge < -0.3 is 14.2 Å². The minimum Gasteiger partial charge on any atom is -0.486 e. The minimum absolute atomic E-state index is 0.0544. The number of aryl methyl sites for hydroxylation is 1. The molecule has 1 aliphatic rings. The number of nitro benzene ring substituents is 1. The first-order chi connectivity index (χ1) is 12.0. The molecule has 2 aromatic carbocycles. The monoisotopic (exact) mass is 407 g/mol. The van der Waals surface area contributed by atoms with Gasteiger partial charge in [-0.3, -0.25) is 10.1 Å². The molecule has 0 spiro atoms. The van der Waals surface area contributed by atoms with Crippen LogP contribution in [0.2, 0.25) is 0 Å². The van der Waals surface area contributed by atoms with Crippen LogP contribution in [0.4, 0.5) is 5.69 Å². The lowest BCUT2D eigenvalue weighted by Gasteiger charge is -2.19. The Morgan fingerprint density at radius 2 is 1.96 bits per heavy atom. The Hall–Kier alpha value is -2.61. The van der Waals surface area contributed by atoms with Crippen LogP contribution in [0, 0.1) is 17.0 Å². The summed E-state index contributed by atoms with van der Waals surface area (Å²) in [6, 6.07) is 8.00. The molecular weight excluding hydrogens is 394 g/mol. The van der Waals surface area contributed by atoms with E-state index in [1.165, 1.54) is 6.07 Å². The number of halogens is 1. The molecular formula is C17H14BrNO6. The van der Waals surface area contributed by atoms with E-state index in [0.717, 1.165) is 0 Å². The molecule has 0 N–H and O–H groups in total. The van der Waals surface area contributed by atoms with Gasteiger partial charge in [0.25, 0.3) is 5.69 Å². The molecule has 0 fully saturated rings. The van der Waals surface area contributed by atoms with Gasteiger partial charge >= 0.3 is 5.97 Å². The van der Waals surface area contributed by atoms with Gasteiger partial charge in [-0.1, -0.05) is 28.1 Å². The quantitative estimate of drug-likeness (QED) is 0.435. The predicted octanol–water partition coefficient (Wildman–Crippen LogP) is 3.79. The molecule has 0 aliphatic carbocycles. The number of carbonyl (C=O) groups is 1. The summed E-state index contributed by atoms with van der Waals surface area (Å²) in [4.78, 5) is 22.9. The number of hydrogen-bond acceptors (Lipinski definition) is 6. The molecule has 25 heavy (non-hydrogen) atoms. The number of carbonyl (C=O) groups excluding carboxylic acids is 1. The van der Waals surface area contributed by atoms with Crippen molar-refractivity contribution in [2.45, 2.75) is 13.5 Å². The second kappa shape index (κ2) is 7.10. The highest BCUT2D eigenvalue weighted by Gasteiger charge is 2.24. The Kier molecular flexibility index (Phi) is 4.89. The Balaban J connectivity index is 1.80. The summed E-state index contributed by atoms with van der Waals surface area (Å²) in [5.74, 6) is 0.432. The summed E-state index contributed by atoms with van der Waals surface area (Å²) in [7, 11) is 0. The molecule has 7 nitrogen and oxygen atoms in total. The summed E-state index contributed by atoms with van der Waals surface area (Å²) >= 11 is 3.40. The number of hydrogen-bond donors (Lipinski definition) is 0. The number of esters is 1. The van der Waals surface area contributed by atoms with Crippen molar-refractivity contribution < 1.29 is 23.9 Å². The highest BCUT2D eigenvalue weighted by molar-refractivity contribution is 9.10. The number of fused-ring (bicyclic) bond motifs is 1. The fourth-order valence-electron chi connectivity index (χ4n) is 2.50. The van der Waals surface area contributed by atoms with Crippen molar-refractivity contribution in [1.29, 1.82) is 0 Å². The van der Waals surface area contributed by atoms with Crippen molar-refractivity contribution in [2.24, 2.45) is 0 Å². The summed E-state index contributed by atoms with van der Waals surface area (Å²) in [6.07, 6.45) is 0. The lowest BCUT2D eigenvalue weighted by atomic mass is 10.1. The highest BCUT2D eigenvalue weighted by Crippen LogP contribution is 2.36. The molecule has 8 heteroatoms. The third kappa shape index (κ3) is 3.58. The number of para-hydroxylation sites is 1. The Labute approximate surface area is 151 Å². The van der Waals surface area contributed by atoms with Gasteiger partial charge in [0.15, 0.2) is 11.5 Å². The van der Waals surface area contributed by atoms with Gasteiger partial charge in [-0.2, -0.15) is 0 Å². The first kappa shape index (κ1) is 17.2. The van der Waals surface area contributed by atoms with E-state index in [2.05, 4.69) is 15.9 Å². The van der Waals surface area contributed by atoms with Gasteiger partial charge in [0.05, 0.1) is 4.92 Å². The van der Waals surface area contributed by atoms with E-state index >= 15 is 0 Å². The van der Waals surface area contributed by atoms with E-state index in [1.54, 1.807) is 31.2 Å². The topological polar surface area (TPSA) is 87.9 Å². The molecule has 0 amide bonds. The molecule has 2 aromatic rings. The first-order valence-corrected chi connectivity index (χ1v) is 8.26. The lowest BCUT2D eigenvalue weighted by Crippen LogP contribution is -2.16. The SMILES string of the molecule is Cc1cccc(C(=O)OCc2cc3c(cc2Br)OCCO3)c1[N+](=O)[O-]. The van der Waals surface area contributed by atoms with Crippen LogP contribution >= 0.6 is 15.9 Å². The molecule has 3 rings (SSSR count). The number of ether oxygens (including phenoxy) is 3. The van der Waals surface area contributed by atoms with E-state index in [-0.39, 0.29) is 17.9 Å². The minimum atomic E-state index is -0.753. The largest absolute Gasteiger partial charge is 0.486 e. The average molecular weight is 408 g/mol. The van der Waals surface area contributed by atoms with Crippen molar-refractivity contribution in [3.05, 3.63) is 61.6 Å². The summed E-state index contributed by atoms with van der Waals surface area (Å²) in [5.41, 5.74) is 0.764. The van der Waals surface area contributed by atoms with Crippen LogP contribution in [-0.2, 0) is 11.3 Å². The second-order valence-corrected chi connectivity index (χ2v) is 6.25. The van der Waals surface area contributed by atoms with Gasteiger partial charge in [-0.05, 0) is 25.1 Å². The second-order valence-electron chi connectivity index (χ2n) is 5.39. The number of nitro groups is 1. The van der Waals surface area contributed by atoms with Gasteiger partial charge in [-0.25, -0.2) is 4.79 Å². The molecule has 0 bridgehead atoms. The maximum Gasteiger partial charge on any atom is 0.345 e. The third-order valence-electron chi connectivity index (χ3n) is 3.71. The fraction of sp³-hybridized carbons (Fsp3) is 0.235. The van der Waals surface area contributed by atoms with Gasteiger partial charge in [0.2, 0.25) is 0 Å². The van der Waals surface area contributed by atoms with Crippen molar-refractivity contribution >= 4 is 27.6 Å². The zero-order valence-electron chi connectivity index (χ0n) is 13.3. The van der Waals surface area contributed by atoms with Crippen molar-refractivity contribution in [2.75, 3.05) is 13.2 Å². The maximum atomic E-state index is 12.3. The summed E-state index contributed by atoms with van der Waals surface area (Å²) < 4.78 is 16.9. The molecule has 0 atom stereocenters. The Morgan fingerprint density at radius 1 is 1.28 bits per heavy atom. The van der Waals surface area contributed by atoms with Gasteiger partial charge in [0.1, 0.15) is 25.4 Å². The third-order valence-corrected chi connectivity index (χ3v) is 4.45. The van der Waals surface area contributed by atoms with Crippen LogP contribution < -0.4 is 9.47 Å². The van der Waals surface area contributed by atoms with Crippen LogP contribution in [0.15, 0.2) is 34.8 Å². The number of rotatable bonds is 4. The van der Waals surface area contributed by atoms with E-state index in [4.69, 9.17) is 14.2 Å². The van der Waals surface area contributed by atoms with Gasteiger partial charge in [0, 0.05) is 15.6 Å². The molecule has 1 aliphatic heterocycles. The van der Waals surface area contributed by atoms with Crippen LogP contribution in [0.1, 0.15) is 21.5 Å². The smallest absolute Gasteiger partial charge is 0.345 e. The van der Waals surface area contributed by atoms with Crippen molar-refractivity contribution in [3.63, 3.8) is 0 Å². The normalized spacial score (nSPS) is 12.6. The van der Waals surface area contributed by atoms with E-state index < -0.39 is 10.9 Å². The molecule has 0 aromatic heterocycles. The van der Waals surface area contributed by atoms with Crippen LogP contribution in [0.5, 0.6) is 11.5 Å². The number of nitrogens with zero attached hydrogens (tertiary/aromatic N) is 1. The molecule has 1 heterocycles. The van der Waals surface area contributed by atoms with Crippen LogP contribution in [0.3, 0.4) is 0 Å².